The third kappa shape index (κ3) is 5.65. The Kier molecular flexibility index (Phi) is 9.64. The quantitative estimate of drug-likeness (QED) is 0.344. The SMILES string of the molecule is Cl.Cl.Cl.Oc1cc(N2CCN(C3CCN(c4ccc(F)c5cccnc45)CC3)CC2)c2ncccc2c1. The molecule has 6 nitrogen and oxygen atoms in total. The summed E-state index contributed by atoms with van der Waals surface area (Å²) in [6.07, 6.45) is 5.72. The summed E-state index contributed by atoms with van der Waals surface area (Å²) in [5, 5.41) is 11.8. The molecule has 2 saturated heterocycles. The van der Waals surface area contributed by atoms with Gasteiger partial charge in [-0.1, -0.05) is 6.07 Å². The van der Waals surface area contributed by atoms with E-state index in [1.165, 1.54) is 0 Å². The number of benzene rings is 2. The number of nitrogens with zero attached hydrogens (tertiary/aromatic N) is 5. The van der Waals surface area contributed by atoms with Crippen molar-refractivity contribution in [3.8, 4) is 5.75 Å². The molecule has 0 radical (unpaired) electrons. The maximum atomic E-state index is 14.2. The third-order valence-electron chi connectivity index (χ3n) is 7.34. The van der Waals surface area contributed by atoms with E-state index in [9.17, 15) is 9.50 Å². The lowest BCUT2D eigenvalue weighted by Gasteiger charge is -2.44. The van der Waals surface area contributed by atoms with Crippen molar-refractivity contribution in [2.24, 2.45) is 0 Å². The standard InChI is InChI=1S/C27H28FN5O.3ClH/c28-23-5-6-24(27-22(23)4-2-10-30-27)32-11-7-20(8-12-32)31-13-15-33(16-14-31)25-18-21(34)17-19-3-1-9-29-26(19)25;;;/h1-6,9-10,17-18,20,34H,7-8,11-16H2;3*1H. The molecule has 0 spiro atoms. The van der Waals surface area contributed by atoms with Gasteiger partial charge in [-0.3, -0.25) is 14.9 Å². The molecule has 2 aromatic heterocycles. The van der Waals surface area contributed by atoms with Crippen LogP contribution in [0.1, 0.15) is 12.8 Å². The minimum Gasteiger partial charge on any atom is -0.508 e. The van der Waals surface area contributed by atoms with E-state index in [1.807, 2.05) is 30.5 Å². The summed E-state index contributed by atoms with van der Waals surface area (Å²) in [5.41, 5.74) is 3.74. The minimum atomic E-state index is -0.214. The fourth-order valence-corrected chi connectivity index (χ4v) is 5.58. The van der Waals surface area contributed by atoms with Crippen LogP contribution in [0.5, 0.6) is 5.75 Å². The molecule has 4 aromatic rings. The first-order valence-electron chi connectivity index (χ1n) is 12.0. The normalized spacial score (nSPS) is 16.7. The van der Waals surface area contributed by atoms with Gasteiger partial charge in [-0.05, 0) is 49.2 Å². The molecule has 37 heavy (non-hydrogen) atoms. The van der Waals surface area contributed by atoms with Gasteiger partial charge >= 0.3 is 0 Å². The van der Waals surface area contributed by atoms with E-state index in [-0.39, 0.29) is 48.8 Å². The van der Waals surface area contributed by atoms with Gasteiger partial charge in [0.25, 0.3) is 0 Å². The van der Waals surface area contributed by atoms with Crippen molar-refractivity contribution in [3.05, 3.63) is 66.7 Å². The minimum absolute atomic E-state index is 0. The molecule has 2 aromatic carbocycles. The first kappa shape index (κ1) is 29.0. The highest BCUT2D eigenvalue weighted by molar-refractivity contribution is 5.92. The Labute approximate surface area is 234 Å². The molecule has 0 unspecified atom stereocenters. The maximum absolute atomic E-state index is 14.2. The van der Waals surface area contributed by atoms with Crippen molar-refractivity contribution in [1.82, 2.24) is 14.9 Å². The Bertz CT molecular complexity index is 1340. The van der Waals surface area contributed by atoms with Crippen molar-refractivity contribution in [3.63, 3.8) is 0 Å². The Morgan fingerprint density at radius 3 is 2.11 bits per heavy atom. The van der Waals surface area contributed by atoms with Gasteiger partial charge in [0.05, 0.1) is 22.4 Å². The Hall–Kier alpha value is -2.58. The second kappa shape index (κ2) is 12.3. The van der Waals surface area contributed by atoms with Crippen LogP contribution in [0.15, 0.2) is 60.9 Å². The Morgan fingerprint density at radius 2 is 1.38 bits per heavy atom. The average Bonchev–Trinajstić information content (AvgIpc) is 2.89. The molecular formula is C27H31Cl3FN5O. The van der Waals surface area contributed by atoms with Gasteiger partial charge in [0, 0.05) is 74.5 Å². The number of phenolic OH excluding ortho intramolecular Hbond substituents is 1. The lowest BCUT2D eigenvalue weighted by molar-refractivity contribution is 0.160. The van der Waals surface area contributed by atoms with Crippen molar-refractivity contribution >= 4 is 70.4 Å². The Morgan fingerprint density at radius 1 is 0.730 bits per heavy atom. The molecular weight excluding hydrogens is 536 g/mol. The molecule has 198 valence electrons. The highest BCUT2D eigenvalue weighted by Gasteiger charge is 2.29. The summed E-state index contributed by atoms with van der Waals surface area (Å²) in [5.74, 6) is 0.0717. The number of aromatic nitrogens is 2. The summed E-state index contributed by atoms with van der Waals surface area (Å²) in [4.78, 5) is 16.3. The second-order valence-electron chi connectivity index (χ2n) is 9.25. The first-order valence-corrected chi connectivity index (χ1v) is 12.0. The fourth-order valence-electron chi connectivity index (χ4n) is 5.58. The summed E-state index contributed by atoms with van der Waals surface area (Å²) < 4.78 is 14.2. The second-order valence-corrected chi connectivity index (χ2v) is 9.25. The van der Waals surface area contributed by atoms with Gasteiger partial charge in [-0.2, -0.15) is 0 Å². The number of piperidine rings is 1. The topological polar surface area (TPSA) is 55.7 Å². The third-order valence-corrected chi connectivity index (χ3v) is 7.34. The number of fused-ring (bicyclic) bond motifs is 2. The van der Waals surface area contributed by atoms with Crippen molar-refractivity contribution in [2.75, 3.05) is 49.1 Å². The number of piperazine rings is 1. The van der Waals surface area contributed by atoms with Gasteiger partial charge in [-0.15, -0.1) is 37.2 Å². The van der Waals surface area contributed by atoms with Gasteiger partial charge < -0.3 is 14.9 Å². The molecule has 2 aliphatic rings. The number of hydrogen-bond donors (Lipinski definition) is 1. The molecule has 0 bridgehead atoms. The van der Waals surface area contributed by atoms with Crippen LogP contribution in [0.3, 0.4) is 0 Å². The van der Waals surface area contributed by atoms with Crippen molar-refractivity contribution < 1.29 is 9.50 Å². The van der Waals surface area contributed by atoms with Gasteiger partial charge in [-0.25, -0.2) is 4.39 Å². The summed E-state index contributed by atoms with van der Waals surface area (Å²) in [7, 11) is 0. The van der Waals surface area contributed by atoms with Crippen LogP contribution >= 0.6 is 37.2 Å². The van der Waals surface area contributed by atoms with E-state index in [1.54, 1.807) is 30.5 Å². The van der Waals surface area contributed by atoms with Crippen LogP contribution in [0.25, 0.3) is 21.8 Å². The molecule has 2 fully saturated rings. The lowest BCUT2D eigenvalue weighted by atomic mass is 10.0. The monoisotopic (exact) mass is 565 g/mol. The molecule has 6 rings (SSSR count). The van der Waals surface area contributed by atoms with Crippen LogP contribution < -0.4 is 9.80 Å². The molecule has 2 aliphatic heterocycles. The largest absolute Gasteiger partial charge is 0.508 e. The number of hydrogen-bond acceptors (Lipinski definition) is 6. The zero-order chi connectivity index (χ0) is 23.1. The van der Waals surface area contributed by atoms with Crippen molar-refractivity contribution in [1.29, 1.82) is 0 Å². The van der Waals surface area contributed by atoms with E-state index in [4.69, 9.17) is 0 Å². The predicted octanol–water partition coefficient (Wildman–Crippen LogP) is 5.68. The summed E-state index contributed by atoms with van der Waals surface area (Å²) in [6, 6.07) is 15.1. The number of anilines is 2. The highest BCUT2D eigenvalue weighted by atomic mass is 35.5. The molecule has 10 heteroatoms. The van der Waals surface area contributed by atoms with Crippen LogP contribution in [0, 0.1) is 5.82 Å². The number of rotatable bonds is 3. The summed E-state index contributed by atoms with van der Waals surface area (Å²) >= 11 is 0. The fraction of sp³-hybridized carbons (Fsp3) is 0.333. The van der Waals surface area contributed by atoms with Crippen LogP contribution in [0.2, 0.25) is 0 Å². The highest BCUT2D eigenvalue weighted by Crippen LogP contribution is 2.33. The van der Waals surface area contributed by atoms with Crippen LogP contribution in [-0.4, -0.2) is 65.3 Å². The number of halogens is 4. The summed E-state index contributed by atoms with van der Waals surface area (Å²) in [6.45, 7) is 5.72. The smallest absolute Gasteiger partial charge is 0.132 e. The van der Waals surface area contributed by atoms with Gasteiger partial charge in [0.2, 0.25) is 0 Å². The number of pyridine rings is 2. The van der Waals surface area contributed by atoms with Gasteiger partial charge in [0.1, 0.15) is 11.6 Å². The van der Waals surface area contributed by atoms with Gasteiger partial charge in [0.15, 0.2) is 0 Å². The zero-order valence-corrected chi connectivity index (χ0v) is 22.7. The van der Waals surface area contributed by atoms with Crippen LogP contribution in [-0.2, 0) is 0 Å². The molecule has 0 aliphatic carbocycles. The molecule has 1 N–H and O–H groups in total. The molecule has 0 amide bonds. The zero-order valence-electron chi connectivity index (χ0n) is 20.3. The van der Waals surface area contributed by atoms with E-state index in [0.717, 1.165) is 79.9 Å². The molecule has 0 atom stereocenters. The van der Waals surface area contributed by atoms with E-state index >= 15 is 0 Å². The first-order chi connectivity index (χ1) is 16.7. The average molecular weight is 567 g/mol. The van der Waals surface area contributed by atoms with E-state index < -0.39 is 0 Å². The predicted molar refractivity (Wildman–Crippen MR) is 156 cm³/mol. The molecule has 0 saturated carbocycles. The number of aromatic hydroxyl groups is 1. The number of phenols is 1. The molecule has 4 heterocycles. The van der Waals surface area contributed by atoms with E-state index in [2.05, 4.69) is 24.7 Å². The van der Waals surface area contributed by atoms with Crippen molar-refractivity contribution in [2.45, 2.75) is 18.9 Å². The maximum Gasteiger partial charge on any atom is 0.132 e. The lowest BCUT2D eigenvalue weighted by Crippen LogP contribution is -2.53. The Balaban J connectivity index is 0.00000127. The van der Waals surface area contributed by atoms with E-state index in [0.29, 0.717) is 11.4 Å². The van der Waals surface area contributed by atoms with Crippen LogP contribution in [0.4, 0.5) is 15.8 Å².